The molecule has 0 atom stereocenters. The van der Waals surface area contributed by atoms with E-state index < -0.39 is 5.97 Å². The van der Waals surface area contributed by atoms with Gasteiger partial charge in [-0.05, 0) is 30.5 Å². The number of hydrogen-bond acceptors (Lipinski definition) is 5. The zero-order valence-corrected chi connectivity index (χ0v) is 14.8. The summed E-state index contributed by atoms with van der Waals surface area (Å²) in [5, 5.41) is 12.3. The van der Waals surface area contributed by atoms with E-state index in [4.69, 9.17) is 16.7 Å². The molecule has 2 heterocycles. The van der Waals surface area contributed by atoms with Crippen molar-refractivity contribution in [3.05, 3.63) is 39.9 Å². The zero-order chi connectivity index (χ0) is 16.6. The number of nitrogens with zero attached hydrogens (tertiary/aromatic N) is 2. The number of thioether (sulfide) groups is 1. The van der Waals surface area contributed by atoms with Crippen molar-refractivity contribution in [2.45, 2.75) is 19.0 Å². The largest absolute Gasteiger partial charge is 0.481 e. The maximum Gasteiger partial charge on any atom is 0.313 e. The standard InChI is InChI=1S/C16H13ClN2O2S2/c1-8-3-4-10(5-9(8)2)11-6-22-15-13(11)14(17)18-16(19-15)23-7-12(20)21/h3-6H,7H2,1-2H3,(H,20,21). The van der Waals surface area contributed by atoms with Crippen molar-refractivity contribution in [2.24, 2.45) is 0 Å². The smallest absolute Gasteiger partial charge is 0.313 e. The van der Waals surface area contributed by atoms with E-state index >= 15 is 0 Å². The third-order valence-electron chi connectivity index (χ3n) is 3.51. The van der Waals surface area contributed by atoms with Crippen molar-refractivity contribution in [3.8, 4) is 11.1 Å². The number of carboxylic acids is 1. The molecule has 0 saturated heterocycles. The van der Waals surface area contributed by atoms with Gasteiger partial charge in [0.15, 0.2) is 5.16 Å². The summed E-state index contributed by atoms with van der Waals surface area (Å²) in [5.74, 6) is -0.992. The van der Waals surface area contributed by atoms with E-state index in [1.165, 1.54) is 22.5 Å². The van der Waals surface area contributed by atoms with E-state index in [2.05, 4.69) is 42.0 Å². The Labute approximate surface area is 146 Å². The van der Waals surface area contributed by atoms with Crippen LogP contribution >= 0.6 is 34.7 Å². The topological polar surface area (TPSA) is 63.1 Å². The van der Waals surface area contributed by atoms with Gasteiger partial charge in [0.05, 0.1) is 11.1 Å². The van der Waals surface area contributed by atoms with E-state index in [0.717, 1.165) is 33.1 Å². The lowest BCUT2D eigenvalue weighted by atomic mass is 10.0. The van der Waals surface area contributed by atoms with Crippen LogP contribution in [0, 0.1) is 13.8 Å². The van der Waals surface area contributed by atoms with Crippen LogP contribution < -0.4 is 0 Å². The molecule has 1 N–H and O–H groups in total. The fourth-order valence-corrected chi connectivity index (χ4v) is 4.14. The SMILES string of the molecule is Cc1ccc(-c2csc3nc(SCC(=O)O)nc(Cl)c23)cc1C. The van der Waals surface area contributed by atoms with E-state index in [1.807, 2.05) is 5.38 Å². The number of thiophene rings is 1. The summed E-state index contributed by atoms with van der Waals surface area (Å²) < 4.78 is 0. The Kier molecular flexibility index (Phi) is 4.57. The van der Waals surface area contributed by atoms with Crippen LogP contribution in [0.1, 0.15) is 11.1 Å². The van der Waals surface area contributed by atoms with Crippen LogP contribution in [0.2, 0.25) is 5.15 Å². The number of rotatable bonds is 4. The molecule has 118 valence electrons. The maximum absolute atomic E-state index is 10.7. The minimum Gasteiger partial charge on any atom is -0.481 e. The third kappa shape index (κ3) is 3.34. The van der Waals surface area contributed by atoms with Crippen molar-refractivity contribution in [1.82, 2.24) is 9.97 Å². The molecule has 0 unspecified atom stereocenters. The molecular formula is C16H13ClN2O2S2. The van der Waals surface area contributed by atoms with Crippen LogP contribution in [0.25, 0.3) is 21.3 Å². The van der Waals surface area contributed by atoms with Crippen molar-refractivity contribution >= 4 is 50.9 Å². The average Bonchev–Trinajstić information content (AvgIpc) is 2.92. The lowest BCUT2D eigenvalue weighted by molar-refractivity contribution is -0.133. The molecule has 0 aliphatic heterocycles. The molecule has 3 rings (SSSR count). The molecule has 0 amide bonds. The Morgan fingerprint density at radius 1 is 1.30 bits per heavy atom. The number of aliphatic carboxylic acids is 1. The molecule has 2 aromatic heterocycles. The first-order chi connectivity index (χ1) is 11.0. The molecule has 0 radical (unpaired) electrons. The number of aryl methyl sites for hydroxylation is 2. The molecule has 0 saturated carbocycles. The summed E-state index contributed by atoms with van der Waals surface area (Å²) in [5.41, 5.74) is 4.54. The monoisotopic (exact) mass is 364 g/mol. The van der Waals surface area contributed by atoms with E-state index in [9.17, 15) is 4.79 Å². The first kappa shape index (κ1) is 16.2. The van der Waals surface area contributed by atoms with Crippen LogP contribution in [0.3, 0.4) is 0 Å². The van der Waals surface area contributed by atoms with Gasteiger partial charge in [-0.25, -0.2) is 9.97 Å². The van der Waals surface area contributed by atoms with Gasteiger partial charge in [0.1, 0.15) is 9.98 Å². The van der Waals surface area contributed by atoms with Crippen molar-refractivity contribution in [1.29, 1.82) is 0 Å². The second-order valence-corrected chi connectivity index (χ2v) is 7.27. The van der Waals surface area contributed by atoms with Gasteiger partial charge in [-0.15, -0.1) is 11.3 Å². The summed E-state index contributed by atoms with van der Waals surface area (Å²) in [6.07, 6.45) is 0. The number of aromatic nitrogens is 2. The maximum atomic E-state index is 10.7. The number of halogens is 1. The molecular weight excluding hydrogens is 352 g/mol. The average molecular weight is 365 g/mol. The van der Waals surface area contributed by atoms with Crippen molar-refractivity contribution in [3.63, 3.8) is 0 Å². The lowest BCUT2D eigenvalue weighted by Gasteiger charge is -2.06. The molecule has 1 aromatic carbocycles. The molecule has 23 heavy (non-hydrogen) atoms. The highest BCUT2D eigenvalue weighted by Crippen LogP contribution is 2.38. The van der Waals surface area contributed by atoms with Gasteiger partial charge in [-0.2, -0.15) is 0 Å². The Hall–Kier alpha value is -1.63. The predicted molar refractivity (Wildman–Crippen MR) is 95.7 cm³/mol. The van der Waals surface area contributed by atoms with Gasteiger partial charge in [-0.3, -0.25) is 4.79 Å². The van der Waals surface area contributed by atoms with E-state index in [1.54, 1.807) is 0 Å². The highest BCUT2D eigenvalue weighted by Gasteiger charge is 2.15. The van der Waals surface area contributed by atoms with Crippen LogP contribution in [0.5, 0.6) is 0 Å². The Morgan fingerprint density at radius 3 is 2.78 bits per heavy atom. The minimum atomic E-state index is -0.906. The summed E-state index contributed by atoms with van der Waals surface area (Å²) in [6, 6.07) is 6.27. The Bertz CT molecular complexity index is 908. The zero-order valence-electron chi connectivity index (χ0n) is 12.5. The Balaban J connectivity index is 2.06. The Morgan fingerprint density at radius 2 is 2.09 bits per heavy atom. The molecule has 3 aromatic rings. The van der Waals surface area contributed by atoms with Crippen LogP contribution in [0.15, 0.2) is 28.7 Å². The first-order valence-corrected chi connectivity index (χ1v) is 9.07. The second-order valence-electron chi connectivity index (χ2n) is 5.11. The molecule has 0 fully saturated rings. The second kappa shape index (κ2) is 6.47. The quantitative estimate of drug-likeness (QED) is 0.409. The van der Waals surface area contributed by atoms with Gasteiger partial charge in [0.2, 0.25) is 0 Å². The van der Waals surface area contributed by atoms with Gasteiger partial charge in [0, 0.05) is 10.9 Å². The molecule has 0 aliphatic rings. The van der Waals surface area contributed by atoms with Crippen LogP contribution in [0.4, 0.5) is 0 Å². The minimum absolute atomic E-state index is 0.0861. The molecule has 7 heteroatoms. The third-order valence-corrected chi connectivity index (χ3v) is 5.49. The number of hydrogen-bond donors (Lipinski definition) is 1. The number of fused-ring (bicyclic) bond motifs is 1. The van der Waals surface area contributed by atoms with Gasteiger partial charge < -0.3 is 5.11 Å². The lowest BCUT2D eigenvalue weighted by Crippen LogP contribution is -1.99. The normalized spacial score (nSPS) is 11.1. The van der Waals surface area contributed by atoms with Gasteiger partial charge >= 0.3 is 5.97 Å². The highest BCUT2D eigenvalue weighted by molar-refractivity contribution is 7.99. The fraction of sp³-hybridized carbons (Fsp3) is 0.188. The molecule has 0 spiro atoms. The summed E-state index contributed by atoms with van der Waals surface area (Å²) in [4.78, 5) is 20.1. The number of carboxylic acid groups (broad SMARTS) is 1. The number of carbonyl (C=O) groups is 1. The van der Waals surface area contributed by atoms with Gasteiger partial charge in [-0.1, -0.05) is 41.6 Å². The number of benzene rings is 1. The molecule has 0 aliphatic carbocycles. The van der Waals surface area contributed by atoms with Gasteiger partial charge in [0.25, 0.3) is 0 Å². The van der Waals surface area contributed by atoms with E-state index in [-0.39, 0.29) is 5.75 Å². The van der Waals surface area contributed by atoms with Crippen molar-refractivity contribution in [2.75, 3.05) is 5.75 Å². The fourth-order valence-electron chi connectivity index (χ4n) is 2.19. The van der Waals surface area contributed by atoms with Crippen LogP contribution in [-0.2, 0) is 4.79 Å². The van der Waals surface area contributed by atoms with E-state index in [0.29, 0.717) is 10.3 Å². The molecule has 4 nitrogen and oxygen atoms in total. The highest BCUT2D eigenvalue weighted by atomic mass is 35.5. The summed E-state index contributed by atoms with van der Waals surface area (Å²) in [6.45, 7) is 4.15. The van der Waals surface area contributed by atoms with Crippen LogP contribution in [-0.4, -0.2) is 26.8 Å². The summed E-state index contributed by atoms with van der Waals surface area (Å²) in [7, 11) is 0. The molecule has 0 bridgehead atoms. The predicted octanol–water partition coefficient (Wildman–Crippen LogP) is 4.81. The van der Waals surface area contributed by atoms with Crippen molar-refractivity contribution < 1.29 is 9.90 Å². The first-order valence-electron chi connectivity index (χ1n) is 6.82. The summed E-state index contributed by atoms with van der Waals surface area (Å²) >= 11 is 8.89.